The highest BCUT2D eigenvalue weighted by molar-refractivity contribution is 5.41. The van der Waals surface area contributed by atoms with Crippen molar-refractivity contribution in [2.45, 2.75) is 86.0 Å². The third-order valence-electron chi connectivity index (χ3n) is 6.95. The van der Waals surface area contributed by atoms with Crippen LogP contribution in [0.5, 0.6) is 0 Å². The van der Waals surface area contributed by atoms with Gasteiger partial charge in [-0.25, -0.2) is 0 Å². The Bertz CT molecular complexity index is 577. The second kappa shape index (κ2) is 6.46. The molecular formula is C23H36. The second-order valence-electron chi connectivity index (χ2n) is 8.67. The number of benzene rings is 1. The molecule has 2 rings (SSSR count). The zero-order chi connectivity index (χ0) is 17.3. The van der Waals surface area contributed by atoms with Crippen LogP contribution < -0.4 is 0 Å². The summed E-state index contributed by atoms with van der Waals surface area (Å²) in [6, 6.07) is 9.28. The van der Waals surface area contributed by atoms with Crippen molar-refractivity contribution in [1.29, 1.82) is 0 Å². The topological polar surface area (TPSA) is 0 Å². The third-order valence-corrected chi connectivity index (χ3v) is 6.95. The van der Waals surface area contributed by atoms with Crippen molar-refractivity contribution >= 4 is 0 Å². The molecule has 0 nitrogen and oxygen atoms in total. The zero-order valence-electron chi connectivity index (χ0n) is 16.4. The first kappa shape index (κ1) is 18.3. The van der Waals surface area contributed by atoms with Crippen LogP contribution in [0.1, 0.15) is 84.8 Å². The van der Waals surface area contributed by atoms with E-state index in [9.17, 15) is 0 Å². The van der Waals surface area contributed by atoms with E-state index in [1.807, 2.05) is 0 Å². The van der Waals surface area contributed by atoms with Crippen LogP contribution in [0, 0.1) is 17.8 Å². The molecule has 0 saturated heterocycles. The summed E-state index contributed by atoms with van der Waals surface area (Å²) >= 11 is 0. The molecule has 128 valence electrons. The molecular weight excluding hydrogens is 276 g/mol. The maximum Gasteiger partial charge on any atom is 0.0167 e. The summed E-state index contributed by atoms with van der Waals surface area (Å²) in [6.07, 6.45) is 8.69. The molecule has 1 aliphatic carbocycles. The van der Waals surface area contributed by atoms with Crippen LogP contribution in [0.2, 0.25) is 0 Å². The predicted molar refractivity (Wildman–Crippen MR) is 103 cm³/mol. The standard InChI is InChI=1S/C23H36/c1-8-14-23(20-13-11-12-18(4)15-20)17-21(5,6)22(7,10-3)16-19(23)9-2/h9,11-13,15H,8,10,14,16-17H2,1-7H3/b19-9-. The van der Waals surface area contributed by atoms with Gasteiger partial charge in [-0.1, -0.05) is 82.5 Å². The van der Waals surface area contributed by atoms with E-state index in [1.165, 1.54) is 37.7 Å². The van der Waals surface area contributed by atoms with Gasteiger partial charge in [0, 0.05) is 5.41 Å². The van der Waals surface area contributed by atoms with Crippen molar-refractivity contribution in [2.75, 3.05) is 0 Å². The highest BCUT2D eigenvalue weighted by atomic mass is 14.6. The number of allylic oxidation sites excluding steroid dienone is 2. The number of hydrogen-bond donors (Lipinski definition) is 0. The minimum Gasteiger partial charge on any atom is -0.0875 e. The lowest BCUT2D eigenvalue weighted by molar-refractivity contribution is 0.0165. The monoisotopic (exact) mass is 312 g/mol. The van der Waals surface area contributed by atoms with Crippen molar-refractivity contribution in [3.63, 3.8) is 0 Å². The highest BCUT2D eigenvalue weighted by Crippen LogP contribution is 2.61. The van der Waals surface area contributed by atoms with E-state index in [1.54, 1.807) is 11.1 Å². The fraction of sp³-hybridized carbons (Fsp3) is 0.652. The van der Waals surface area contributed by atoms with E-state index < -0.39 is 0 Å². The van der Waals surface area contributed by atoms with Gasteiger partial charge in [-0.15, -0.1) is 0 Å². The summed E-state index contributed by atoms with van der Waals surface area (Å²) in [5.41, 5.74) is 5.58. The Morgan fingerprint density at radius 3 is 2.35 bits per heavy atom. The molecule has 0 aliphatic heterocycles. The largest absolute Gasteiger partial charge is 0.0875 e. The number of hydrogen-bond acceptors (Lipinski definition) is 0. The summed E-state index contributed by atoms with van der Waals surface area (Å²) in [5, 5.41) is 0. The van der Waals surface area contributed by atoms with E-state index in [0.717, 1.165) is 0 Å². The van der Waals surface area contributed by atoms with Crippen molar-refractivity contribution in [3.8, 4) is 0 Å². The molecule has 1 aromatic carbocycles. The van der Waals surface area contributed by atoms with E-state index in [4.69, 9.17) is 0 Å². The normalized spacial score (nSPS) is 32.2. The quantitative estimate of drug-likeness (QED) is 0.515. The zero-order valence-corrected chi connectivity index (χ0v) is 16.4. The summed E-state index contributed by atoms with van der Waals surface area (Å²) in [7, 11) is 0. The Morgan fingerprint density at radius 1 is 1.13 bits per heavy atom. The van der Waals surface area contributed by atoms with Gasteiger partial charge in [0.1, 0.15) is 0 Å². The van der Waals surface area contributed by atoms with Gasteiger partial charge >= 0.3 is 0 Å². The van der Waals surface area contributed by atoms with Crippen molar-refractivity contribution < 1.29 is 0 Å². The predicted octanol–water partition coefficient (Wildman–Crippen LogP) is 7.22. The van der Waals surface area contributed by atoms with Gasteiger partial charge in [-0.2, -0.15) is 0 Å². The molecule has 0 heterocycles. The van der Waals surface area contributed by atoms with Crippen molar-refractivity contribution in [3.05, 3.63) is 47.0 Å². The van der Waals surface area contributed by atoms with Crippen molar-refractivity contribution in [1.82, 2.24) is 0 Å². The minimum absolute atomic E-state index is 0.230. The van der Waals surface area contributed by atoms with E-state index in [-0.39, 0.29) is 5.41 Å². The first-order valence-electron chi connectivity index (χ1n) is 9.47. The van der Waals surface area contributed by atoms with E-state index in [0.29, 0.717) is 10.8 Å². The third kappa shape index (κ3) is 3.02. The smallest absolute Gasteiger partial charge is 0.0167 e. The Labute approximate surface area is 144 Å². The molecule has 0 radical (unpaired) electrons. The average Bonchev–Trinajstić information content (AvgIpc) is 2.50. The molecule has 1 fully saturated rings. The molecule has 2 atom stereocenters. The summed E-state index contributed by atoms with van der Waals surface area (Å²) in [6.45, 7) is 16.7. The maximum absolute atomic E-state index is 2.50. The number of aryl methyl sites for hydroxylation is 1. The fourth-order valence-electron chi connectivity index (χ4n) is 4.94. The van der Waals surface area contributed by atoms with Crippen LogP contribution in [-0.4, -0.2) is 0 Å². The van der Waals surface area contributed by atoms with Crippen LogP contribution in [0.15, 0.2) is 35.9 Å². The lowest BCUT2D eigenvalue weighted by atomic mass is 9.47. The Hall–Kier alpha value is -1.04. The molecule has 0 N–H and O–H groups in total. The Kier molecular flexibility index (Phi) is 5.14. The molecule has 0 amide bonds. The van der Waals surface area contributed by atoms with E-state index >= 15 is 0 Å². The molecule has 0 heteroatoms. The second-order valence-corrected chi connectivity index (χ2v) is 8.67. The van der Waals surface area contributed by atoms with Crippen molar-refractivity contribution in [2.24, 2.45) is 10.8 Å². The van der Waals surface area contributed by atoms with Gasteiger partial charge in [0.05, 0.1) is 0 Å². The van der Waals surface area contributed by atoms with Gasteiger partial charge in [0.25, 0.3) is 0 Å². The molecule has 2 unspecified atom stereocenters. The van der Waals surface area contributed by atoms with Gasteiger partial charge < -0.3 is 0 Å². The Morgan fingerprint density at radius 2 is 1.83 bits per heavy atom. The lowest BCUT2D eigenvalue weighted by Gasteiger charge is -2.57. The van der Waals surface area contributed by atoms with Crippen LogP contribution in [0.4, 0.5) is 0 Å². The van der Waals surface area contributed by atoms with Gasteiger partial charge in [-0.05, 0) is 55.9 Å². The van der Waals surface area contributed by atoms with Gasteiger partial charge in [0.2, 0.25) is 0 Å². The van der Waals surface area contributed by atoms with Gasteiger partial charge in [0.15, 0.2) is 0 Å². The molecule has 0 spiro atoms. The van der Waals surface area contributed by atoms with Crippen LogP contribution in [0.25, 0.3) is 0 Å². The summed E-state index contributed by atoms with van der Waals surface area (Å²) in [5.74, 6) is 0. The SMILES string of the molecule is C/C=C1/CC(C)(CC)C(C)(C)CC1(CCC)c1cccc(C)c1. The molecule has 0 aromatic heterocycles. The maximum atomic E-state index is 2.50. The molecule has 23 heavy (non-hydrogen) atoms. The Balaban J connectivity index is 2.62. The van der Waals surface area contributed by atoms with E-state index in [2.05, 4.69) is 78.8 Å². The molecule has 1 saturated carbocycles. The van der Waals surface area contributed by atoms with Crippen LogP contribution in [-0.2, 0) is 5.41 Å². The minimum atomic E-state index is 0.230. The van der Waals surface area contributed by atoms with Crippen LogP contribution in [0.3, 0.4) is 0 Å². The molecule has 0 bridgehead atoms. The van der Waals surface area contributed by atoms with Gasteiger partial charge in [-0.3, -0.25) is 0 Å². The summed E-state index contributed by atoms with van der Waals surface area (Å²) in [4.78, 5) is 0. The highest BCUT2D eigenvalue weighted by Gasteiger charge is 2.52. The first-order valence-corrected chi connectivity index (χ1v) is 9.47. The first-order chi connectivity index (χ1) is 10.7. The lowest BCUT2D eigenvalue weighted by Crippen LogP contribution is -2.49. The van der Waals surface area contributed by atoms with Crippen LogP contribution >= 0.6 is 0 Å². The molecule has 1 aromatic rings. The average molecular weight is 313 g/mol. The number of rotatable bonds is 4. The molecule has 1 aliphatic rings. The fourth-order valence-corrected chi connectivity index (χ4v) is 4.94. The summed E-state index contributed by atoms with van der Waals surface area (Å²) < 4.78 is 0.